The monoisotopic (exact) mass is 230 g/mol. The van der Waals surface area contributed by atoms with E-state index in [0.717, 1.165) is 29.4 Å². The molecule has 0 aliphatic carbocycles. The molecule has 0 aliphatic heterocycles. The molecule has 0 atom stereocenters. The van der Waals surface area contributed by atoms with Gasteiger partial charge >= 0.3 is 0 Å². The number of hydrogen-bond donors (Lipinski definition) is 1. The maximum absolute atomic E-state index is 11.9. The summed E-state index contributed by atoms with van der Waals surface area (Å²) in [5.41, 5.74) is 8.88. The molecule has 1 heterocycles. The van der Waals surface area contributed by atoms with Gasteiger partial charge in [-0.1, -0.05) is 6.07 Å². The molecule has 0 fully saturated rings. The number of rotatable bonds is 3. The molecule has 1 aromatic carbocycles. The molecule has 0 saturated carbocycles. The molecule has 0 radical (unpaired) electrons. The fourth-order valence-corrected chi connectivity index (χ4v) is 2.27. The van der Waals surface area contributed by atoms with Crippen molar-refractivity contribution in [2.75, 3.05) is 6.54 Å². The molecule has 90 valence electrons. The lowest BCUT2D eigenvalue weighted by atomic mass is 10.1. The lowest BCUT2D eigenvalue weighted by molar-refractivity contribution is 0.666. The summed E-state index contributed by atoms with van der Waals surface area (Å²) in [4.78, 5) is 11.9. The van der Waals surface area contributed by atoms with Gasteiger partial charge in [-0.2, -0.15) is 0 Å². The van der Waals surface area contributed by atoms with Gasteiger partial charge in [-0.3, -0.25) is 4.79 Å². The molecule has 0 bridgehead atoms. The van der Waals surface area contributed by atoms with Gasteiger partial charge in [0.2, 0.25) is 0 Å². The molecule has 0 spiro atoms. The van der Waals surface area contributed by atoms with Crippen molar-refractivity contribution in [1.29, 1.82) is 0 Å². The molecule has 3 heteroatoms. The Kier molecular flexibility index (Phi) is 3.29. The Bertz CT molecular complexity index is 599. The minimum atomic E-state index is 0.0986. The Balaban J connectivity index is 2.70. The largest absolute Gasteiger partial charge is 0.347 e. The van der Waals surface area contributed by atoms with Crippen molar-refractivity contribution in [1.82, 2.24) is 4.57 Å². The second-order valence-corrected chi connectivity index (χ2v) is 4.49. The van der Waals surface area contributed by atoms with Crippen LogP contribution in [0.2, 0.25) is 0 Å². The normalized spacial score (nSPS) is 11.0. The van der Waals surface area contributed by atoms with E-state index in [2.05, 4.69) is 23.6 Å². The third kappa shape index (κ3) is 2.24. The van der Waals surface area contributed by atoms with Crippen LogP contribution >= 0.6 is 0 Å². The lowest BCUT2D eigenvalue weighted by Crippen LogP contribution is -2.12. The zero-order chi connectivity index (χ0) is 12.4. The van der Waals surface area contributed by atoms with Crippen LogP contribution in [0.3, 0.4) is 0 Å². The van der Waals surface area contributed by atoms with E-state index >= 15 is 0 Å². The molecule has 0 unspecified atom stereocenters. The molecule has 0 amide bonds. The highest BCUT2D eigenvalue weighted by atomic mass is 16.1. The molecule has 2 rings (SSSR count). The first-order valence-corrected chi connectivity index (χ1v) is 5.94. The first-order valence-electron chi connectivity index (χ1n) is 5.94. The summed E-state index contributed by atoms with van der Waals surface area (Å²) in [6.45, 7) is 5.57. The number of pyridine rings is 1. The van der Waals surface area contributed by atoms with Gasteiger partial charge in [-0.05, 0) is 44.0 Å². The van der Waals surface area contributed by atoms with Gasteiger partial charge < -0.3 is 10.3 Å². The first-order chi connectivity index (χ1) is 8.13. The van der Waals surface area contributed by atoms with Gasteiger partial charge in [0.05, 0.1) is 5.52 Å². The van der Waals surface area contributed by atoms with Crippen LogP contribution in [-0.2, 0) is 6.54 Å². The van der Waals surface area contributed by atoms with E-state index in [9.17, 15) is 4.79 Å². The highest BCUT2D eigenvalue weighted by Crippen LogP contribution is 2.17. The van der Waals surface area contributed by atoms with E-state index < -0.39 is 0 Å². The summed E-state index contributed by atoms with van der Waals surface area (Å²) in [5, 5.41) is 0.829. The van der Waals surface area contributed by atoms with Crippen molar-refractivity contribution in [3.63, 3.8) is 0 Å². The number of aryl methyl sites for hydroxylation is 3. The zero-order valence-corrected chi connectivity index (χ0v) is 10.4. The van der Waals surface area contributed by atoms with Gasteiger partial charge in [0.15, 0.2) is 5.43 Å². The van der Waals surface area contributed by atoms with Gasteiger partial charge in [0, 0.05) is 24.2 Å². The van der Waals surface area contributed by atoms with E-state index in [1.165, 1.54) is 5.56 Å². The maximum Gasteiger partial charge on any atom is 0.189 e. The molecule has 2 aromatic rings. The summed E-state index contributed by atoms with van der Waals surface area (Å²) in [5.74, 6) is 0. The zero-order valence-electron chi connectivity index (χ0n) is 10.4. The molecule has 3 nitrogen and oxygen atoms in total. The van der Waals surface area contributed by atoms with Crippen molar-refractivity contribution < 1.29 is 0 Å². The molecular weight excluding hydrogens is 212 g/mol. The fraction of sp³-hybridized carbons (Fsp3) is 0.357. The Hall–Kier alpha value is -1.61. The van der Waals surface area contributed by atoms with Crippen LogP contribution in [0.4, 0.5) is 0 Å². The standard InChI is InChI=1S/C14H18N2O/c1-10-8-11(2)14-12(9-10)16(6-3-5-15)7-4-13(14)17/h4,7-9H,3,5-6,15H2,1-2H3. The number of fused-ring (bicyclic) bond motifs is 1. The minimum absolute atomic E-state index is 0.0986. The van der Waals surface area contributed by atoms with E-state index in [0.29, 0.717) is 6.54 Å². The third-order valence-corrected chi connectivity index (χ3v) is 3.02. The van der Waals surface area contributed by atoms with E-state index in [-0.39, 0.29) is 5.43 Å². The summed E-state index contributed by atoms with van der Waals surface area (Å²) >= 11 is 0. The highest BCUT2D eigenvalue weighted by Gasteiger charge is 2.06. The fourth-order valence-electron chi connectivity index (χ4n) is 2.27. The SMILES string of the molecule is Cc1cc(C)c2c(=O)ccn(CCCN)c2c1. The second-order valence-electron chi connectivity index (χ2n) is 4.49. The summed E-state index contributed by atoms with van der Waals surface area (Å²) < 4.78 is 2.11. The smallest absolute Gasteiger partial charge is 0.189 e. The Morgan fingerprint density at radius 2 is 2.06 bits per heavy atom. The Morgan fingerprint density at radius 1 is 1.29 bits per heavy atom. The van der Waals surface area contributed by atoms with Crippen LogP contribution < -0.4 is 11.2 Å². The van der Waals surface area contributed by atoms with Crippen LogP contribution in [0, 0.1) is 13.8 Å². The minimum Gasteiger partial charge on any atom is -0.347 e. The van der Waals surface area contributed by atoms with E-state index in [4.69, 9.17) is 5.73 Å². The summed E-state index contributed by atoms with van der Waals surface area (Å²) in [6.07, 6.45) is 2.78. The number of nitrogens with zero attached hydrogens (tertiary/aromatic N) is 1. The highest BCUT2D eigenvalue weighted by molar-refractivity contribution is 5.83. The third-order valence-electron chi connectivity index (χ3n) is 3.02. The molecular formula is C14H18N2O. The number of hydrogen-bond acceptors (Lipinski definition) is 2. The molecule has 17 heavy (non-hydrogen) atoms. The van der Waals surface area contributed by atoms with Crippen LogP contribution in [0.5, 0.6) is 0 Å². The molecule has 0 saturated heterocycles. The van der Waals surface area contributed by atoms with Gasteiger partial charge in [-0.15, -0.1) is 0 Å². The van der Waals surface area contributed by atoms with Crippen molar-refractivity contribution in [3.8, 4) is 0 Å². The number of nitrogens with two attached hydrogens (primary N) is 1. The topological polar surface area (TPSA) is 48.0 Å². The number of benzene rings is 1. The second kappa shape index (κ2) is 4.72. The van der Waals surface area contributed by atoms with Crippen molar-refractivity contribution >= 4 is 10.9 Å². The van der Waals surface area contributed by atoms with Crippen LogP contribution in [0.15, 0.2) is 29.2 Å². The van der Waals surface area contributed by atoms with Crippen LogP contribution in [0.25, 0.3) is 10.9 Å². The maximum atomic E-state index is 11.9. The van der Waals surface area contributed by atoms with Crippen molar-refractivity contribution in [2.24, 2.45) is 5.73 Å². The van der Waals surface area contributed by atoms with Gasteiger partial charge in [-0.25, -0.2) is 0 Å². The molecule has 1 aromatic heterocycles. The Labute approximate surface area is 101 Å². The lowest BCUT2D eigenvalue weighted by Gasteiger charge is -2.12. The summed E-state index contributed by atoms with van der Waals surface area (Å²) in [7, 11) is 0. The predicted octanol–water partition coefficient (Wildman–Crippen LogP) is 1.97. The van der Waals surface area contributed by atoms with E-state index in [1.54, 1.807) is 6.07 Å². The Morgan fingerprint density at radius 3 is 2.76 bits per heavy atom. The van der Waals surface area contributed by atoms with Gasteiger partial charge in [0.1, 0.15) is 0 Å². The van der Waals surface area contributed by atoms with Crippen molar-refractivity contribution in [2.45, 2.75) is 26.8 Å². The average Bonchev–Trinajstić information content (AvgIpc) is 2.27. The summed E-state index contributed by atoms with van der Waals surface area (Å²) in [6, 6.07) is 5.76. The van der Waals surface area contributed by atoms with Crippen LogP contribution in [0.1, 0.15) is 17.5 Å². The molecule has 2 N–H and O–H groups in total. The molecule has 0 aliphatic rings. The first kappa shape index (κ1) is 11.9. The quantitative estimate of drug-likeness (QED) is 0.876. The predicted molar refractivity (Wildman–Crippen MR) is 71.4 cm³/mol. The van der Waals surface area contributed by atoms with Crippen LogP contribution in [-0.4, -0.2) is 11.1 Å². The van der Waals surface area contributed by atoms with Gasteiger partial charge in [0.25, 0.3) is 0 Å². The number of aromatic nitrogens is 1. The average molecular weight is 230 g/mol. The van der Waals surface area contributed by atoms with E-state index in [1.807, 2.05) is 13.1 Å². The van der Waals surface area contributed by atoms with Crippen molar-refractivity contribution in [3.05, 3.63) is 45.7 Å².